The van der Waals surface area contributed by atoms with E-state index >= 15 is 0 Å². The van der Waals surface area contributed by atoms with Crippen LogP contribution in [0.15, 0.2) is 223 Å². The molecule has 294 valence electrons. The van der Waals surface area contributed by atoms with E-state index in [1.165, 1.54) is 10.8 Å². The molecule has 13 rings (SSSR count). The van der Waals surface area contributed by atoms with Gasteiger partial charge in [-0.2, -0.15) is 0 Å². The Balaban J connectivity index is 1.07. The molecular formula is C58H36N4O. The average Bonchev–Trinajstić information content (AvgIpc) is 4.01. The molecule has 0 saturated heterocycles. The number of fused-ring (bicyclic) bond motifs is 9. The topological polar surface area (TPSA) is 48.8 Å². The molecule has 0 N–H and O–H groups in total. The maximum atomic E-state index is 6.26. The fourth-order valence-electron chi connectivity index (χ4n) is 9.64. The van der Waals surface area contributed by atoms with Crippen LogP contribution in [-0.4, -0.2) is 19.1 Å². The maximum Gasteiger partial charge on any atom is 0.235 e. The summed E-state index contributed by atoms with van der Waals surface area (Å²) >= 11 is 0. The van der Waals surface area contributed by atoms with E-state index in [4.69, 9.17) is 14.4 Å². The molecule has 0 atom stereocenters. The zero-order valence-electron chi connectivity index (χ0n) is 34.0. The van der Waals surface area contributed by atoms with Crippen molar-refractivity contribution in [3.63, 3.8) is 0 Å². The van der Waals surface area contributed by atoms with Gasteiger partial charge in [-0.3, -0.25) is 4.57 Å². The maximum absolute atomic E-state index is 6.26. The molecule has 0 fully saturated rings. The normalized spacial score (nSPS) is 11.8. The SMILES string of the molecule is c1ccc(-c2cc(-c3ccccc3)nc(-n3c4ccccc4c4ccc(-c5cc6c7ccccc7n(-c7ccc8oc9ccccc9c8c7)c6cc5-c5ccccc5)cc43)n2)cc1. The van der Waals surface area contributed by atoms with Crippen LogP contribution in [0.5, 0.6) is 0 Å². The van der Waals surface area contributed by atoms with Crippen LogP contribution in [0.2, 0.25) is 0 Å². The predicted octanol–water partition coefficient (Wildman–Crippen LogP) is 15.2. The molecule has 0 amide bonds. The number of rotatable bonds is 6. The van der Waals surface area contributed by atoms with Gasteiger partial charge in [-0.05, 0) is 82.9 Å². The lowest BCUT2D eigenvalue weighted by atomic mass is 9.92. The van der Waals surface area contributed by atoms with E-state index in [0.717, 1.165) is 105 Å². The number of hydrogen-bond donors (Lipinski definition) is 0. The summed E-state index contributed by atoms with van der Waals surface area (Å²) < 4.78 is 10.9. The molecule has 5 heteroatoms. The summed E-state index contributed by atoms with van der Waals surface area (Å²) in [5, 5.41) is 6.89. The second-order valence-corrected chi connectivity index (χ2v) is 16.2. The van der Waals surface area contributed by atoms with Crippen molar-refractivity contribution in [2.45, 2.75) is 0 Å². The van der Waals surface area contributed by atoms with Gasteiger partial charge in [0.2, 0.25) is 5.95 Å². The fourth-order valence-corrected chi connectivity index (χ4v) is 9.64. The molecule has 9 aromatic carbocycles. The number of benzene rings is 9. The molecule has 0 bridgehead atoms. The van der Waals surface area contributed by atoms with Crippen molar-refractivity contribution in [2.24, 2.45) is 0 Å². The van der Waals surface area contributed by atoms with Gasteiger partial charge in [-0.1, -0.05) is 158 Å². The molecule has 4 aromatic heterocycles. The smallest absolute Gasteiger partial charge is 0.235 e. The summed E-state index contributed by atoms with van der Waals surface area (Å²) in [6.07, 6.45) is 0. The predicted molar refractivity (Wildman–Crippen MR) is 260 cm³/mol. The number of hydrogen-bond acceptors (Lipinski definition) is 3. The minimum atomic E-state index is 0.628. The van der Waals surface area contributed by atoms with Gasteiger partial charge >= 0.3 is 0 Å². The third-order valence-corrected chi connectivity index (χ3v) is 12.6. The van der Waals surface area contributed by atoms with Crippen molar-refractivity contribution < 1.29 is 4.42 Å². The monoisotopic (exact) mass is 804 g/mol. The average molecular weight is 805 g/mol. The van der Waals surface area contributed by atoms with Crippen LogP contribution in [0.1, 0.15) is 0 Å². The summed E-state index contributed by atoms with van der Waals surface area (Å²) in [6, 6.07) is 77.5. The number of furan rings is 1. The van der Waals surface area contributed by atoms with Crippen LogP contribution in [0.3, 0.4) is 0 Å². The first-order valence-electron chi connectivity index (χ1n) is 21.3. The van der Waals surface area contributed by atoms with Gasteiger partial charge in [0.1, 0.15) is 11.2 Å². The Morgan fingerprint density at radius 1 is 0.302 bits per heavy atom. The first-order valence-corrected chi connectivity index (χ1v) is 21.3. The van der Waals surface area contributed by atoms with Crippen molar-refractivity contribution in [1.82, 2.24) is 19.1 Å². The third kappa shape index (κ3) is 5.64. The Morgan fingerprint density at radius 2 is 0.825 bits per heavy atom. The molecule has 0 aliphatic rings. The molecule has 0 aliphatic heterocycles. The standard InChI is InChI=1S/C58H36N4O/c1-4-16-37(17-5-1)47-35-55-48(43-23-11-13-25-52(43)61(55)41-29-31-57-49(33-41)45-24-12-15-27-56(45)63-57)34-46(47)40-28-30-44-42-22-10-14-26-53(42)62(54(44)32-40)58-59-50(38-18-6-2-7-19-38)36-51(60-58)39-20-8-3-9-21-39/h1-36H. The zero-order valence-corrected chi connectivity index (χ0v) is 34.0. The Bertz CT molecular complexity index is 3840. The Labute approximate surface area is 362 Å². The molecule has 0 aliphatic carbocycles. The summed E-state index contributed by atoms with van der Waals surface area (Å²) in [4.78, 5) is 10.6. The van der Waals surface area contributed by atoms with Crippen molar-refractivity contribution in [3.05, 3.63) is 218 Å². The van der Waals surface area contributed by atoms with E-state index in [2.05, 4.69) is 203 Å². The molecule has 0 radical (unpaired) electrons. The first kappa shape index (κ1) is 35.2. The van der Waals surface area contributed by atoms with Crippen LogP contribution in [0.4, 0.5) is 0 Å². The van der Waals surface area contributed by atoms with Gasteiger partial charge in [0.15, 0.2) is 0 Å². The zero-order chi connectivity index (χ0) is 41.4. The highest BCUT2D eigenvalue weighted by molar-refractivity contribution is 6.15. The number of aromatic nitrogens is 4. The van der Waals surface area contributed by atoms with Crippen molar-refractivity contribution >= 4 is 65.6 Å². The summed E-state index contributed by atoms with van der Waals surface area (Å²) in [7, 11) is 0. The van der Waals surface area contributed by atoms with Gasteiger partial charge in [-0.15, -0.1) is 0 Å². The van der Waals surface area contributed by atoms with Crippen molar-refractivity contribution in [1.29, 1.82) is 0 Å². The molecule has 5 nitrogen and oxygen atoms in total. The Morgan fingerprint density at radius 3 is 1.52 bits per heavy atom. The van der Waals surface area contributed by atoms with Crippen LogP contribution < -0.4 is 0 Å². The molecule has 0 unspecified atom stereocenters. The van der Waals surface area contributed by atoms with Gasteiger partial charge in [0, 0.05) is 49.1 Å². The van der Waals surface area contributed by atoms with Gasteiger partial charge in [0.05, 0.1) is 33.5 Å². The summed E-state index contributed by atoms with van der Waals surface area (Å²) in [6.45, 7) is 0. The van der Waals surface area contributed by atoms with E-state index in [9.17, 15) is 0 Å². The molecule has 13 aromatic rings. The van der Waals surface area contributed by atoms with Crippen LogP contribution in [-0.2, 0) is 0 Å². The third-order valence-electron chi connectivity index (χ3n) is 12.6. The largest absolute Gasteiger partial charge is 0.456 e. The summed E-state index contributed by atoms with van der Waals surface area (Å²) in [5.74, 6) is 0.628. The number of para-hydroxylation sites is 3. The quantitative estimate of drug-likeness (QED) is 0.168. The highest BCUT2D eigenvalue weighted by atomic mass is 16.3. The van der Waals surface area contributed by atoms with Gasteiger partial charge < -0.3 is 8.98 Å². The van der Waals surface area contributed by atoms with E-state index in [1.54, 1.807) is 0 Å². The molecule has 0 saturated carbocycles. The van der Waals surface area contributed by atoms with Crippen LogP contribution in [0.25, 0.3) is 122 Å². The molecule has 0 spiro atoms. The molecule has 63 heavy (non-hydrogen) atoms. The van der Waals surface area contributed by atoms with Crippen LogP contribution in [0, 0.1) is 0 Å². The van der Waals surface area contributed by atoms with Crippen molar-refractivity contribution in [3.8, 4) is 56.4 Å². The van der Waals surface area contributed by atoms with E-state index in [0.29, 0.717) is 5.95 Å². The first-order chi connectivity index (χ1) is 31.2. The van der Waals surface area contributed by atoms with Crippen molar-refractivity contribution in [2.75, 3.05) is 0 Å². The molecule has 4 heterocycles. The van der Waals surface area contributed by atoms with Gasteiger partial charge in [-0.25, -0.2) is 9.97 Å². The second kappa shape index (κ2) is 14.0. The fraction of sp³-hybridized carbons (Fsp3) is 0. The lowest BCUT2D eigenvalue weighted by molar-refractivity contribution is 0.669. The minimum Gasteiger partial charge on any atom is -0.456 e. The van der Waals surface area contributed by atoms with Crippen LogP contribution >= 0.6 is 0 Å². The highest BCUT2D eigenvalue weighted by Crippen LogP contribution is 2.43. The minimum absolute atomic E-state index is 0.628. The second-order valence-electron chi connectivity index (χ2n) is 16.2. The molecular weight excluding hydrogens is 769 g/mol. The number of nitrogens with zero attached hydrogens (tertiary/aromatic N) is 4. The van der Waals surface area contributed by atoms with E-state index in [-0.39, 0.29) is 0 Å². The lowest BCUT2D eigenvalue weighted by Gasteiger charge is -2.15. The van der Waals surface area contributed by atoms with E-state index < -0.39 is 0 Å². The summed E-state index contributed by atoms with van der Waals surface area (Å²) in [5.41, 5.74) is 15.6. The van der Waals surface area contributed by atoms with E-state index in [1.807, 2.05) is 24.3 Å². The highest BCUT2D eigenvalue weighted by Gasteiger charge is 2.21. The lowest BCUT2D eigenvalue weighted by Crippen LogP contribution is -2.04. The Kier molecular flexibility index (Phi) is 7.84. The van der Waals surface area contributed by atoms with Gasteiger partial charge in [0.25, 0.3) is 0 Å². The Hall–Kier alpha value is -8.54.